The summed E-state index contributed by atoms with van der Waals surface area (Å²) in [6.45, 7) is 7.76. The Morgan fingerprint density at radius 1 is 1.08 bits per heavy atom. The van der Waals surface area contributed by atoms with E-state index < -0.39 is 29.1 Å². The first kappa shape index (κ1) is 26.5. The molecule has 4 aromatic rings. The van der Waals surface area contributed by atoms with Crippen LogP contribution in [-0.4, -0.2) is 37.4 Å². The highest BCUT2D eigenvalue weighted by atomic mass is 16.5. The van der Waals surface area contributed by atoms with Crippen LogP contribution >= 0.6 is 0 Å². The number of carbonyl (C=O) groups excluding carboxylic acids is 2. The van der Waals surface area contributed by atoms with Gasteiger partial charge in [0.25, 0.3) is 5.91 Å². The molecule has 10 heteroatoms. The Kier molecular flexibility index (Phi) is 7.52. The lowest BCUT2D eigenvalue weighted by atomic mass is 10.1. The van der Waals surface area contributed by atoms with Crippen LogP contribution in [0.5, 0.6) is 11.6 Å². The number of aromatic amines is 2. The van der Waals surface area contributed by atoms with Gasteiger partial charge in [-0.25, -0.2) is 4.79 Å². The van der Waals surface area contributed by atoms with Crippen LogP contribution in [0.15, 0.2) is 59.4 Å². The van der Waals surface area contributed by atoms with Gasteiger partial charge in [-0.1, -0.05) is 18.2 Å². The Hall–Kier alpha value is -4.60. The standard InChI is InChI=1S/C28H31N5O5/c1-16-13-18(20-7-5-6-8-21(20)29-16)15-38-19-11-9-17(10-12-19)25(35)30-22(14-23(34)33-28(2,3)4)24-26(36)32-27(37)31-24/h5-13,22,36H,14-15H2,1-4H3,(H,30,35)(H,33,34)(H2,31,32,37). The lowest BCUT2D eigenvalue weighted by Gasteiger charge is -2.23. The molecule has 0 bridgehead atoms. The van der Waals surface area contributed by atoms with E-state index >= 15 is 0 Å². The summed E-state index contributed by atoms with van der Waals surface area (Å²) in [5, 5.41) is 16.7. The second-order valence-corrected chi connectivity index (χ2v) is 10.1. The maximum absolute atomic E-state index is 13.0. The predicted octanol–water partition coefficient (Wildman–Crippen LogP) is 3.62. The van der Waals surface area contributed by atoms with Crippen LogP contribution in [0.25, 0.3) is 10.9 Å². The van der Waals surface area contributed by atoms with Gasteiger partial charge in [-0.2, -0.15) is 0 Å². The zero-order valence-corrected chi connectivity index (χ0v) is 21.7. The van der Waals surface area contributed by atoms with Crippen molar-refractivity contribution in [3.63, 3.8) is 0 Å². The van der Waals surface area contributed by atoms with E-state index in [1.54, 1.807) is 24.3 Å². The summed E-state index contributed by atoms with van der Waals surface area (Å²) < 4.78 is 5.97. The number of fused-ring (bicyclic) bond motifs is 1. The largest absolute Gasteiger partial charge is 0.493 e. The average molecular weight is 518 g/mol. The van der Waals surface area contributed by atoms with E-state index in [1.165, 1.54) is 0 Å². The summed E-state index contributed by atoms with van der Waals surface area (Å²) in [5.41, 5.74) is 2.01. The van der Waals surface area contributed by atoms with Crippen molar-refractivity contribution in [2.24, 2.45) is 0 Å². The fraction of sp³-hybridized carbons (Fsp3) is 0.286. The fourth-order valence-corrected chi connectivity index (χ4v) is 4.14. The highest BCUT2D eigenvalue weighted by molar-refractivity contribution is 5.95. The molecular weight excluding hydrogens is 486 g/mol. The topological polar surface area (TPSA) is 149 Å². The first-order valence-electron chi connectivity index (χ1n) is 12.2. The van der Waals surface area contributed by atoms with Crippen molar-refractivity contribution in [1.82, 2.24) is 25.6 Å². The van der Waals surface area contributed by atoms with Gasteiger partial charge >= 0.3 is 5.69 Å². The molecule has 0 spiro atoms. The van der Waals surface area contributed by atoms with Crippen LogP contribution < -0.4 is 21.1 Å². The van der Waals surface area contributed by atoms with E-state index in [1.807, 2.05) is 58.0 Å². The minimum Gasteiger partial charge on any atom is -0.493 e. The summed E-state index contributed by atoms with van der Waals surface area (Å²) in [5.74, 6) is -0.700. The maximum Gasteiger partial charge on any atom is 0.326 e. The number of rotatable bonds is 8. The first-order chi connectivity index (χ1) is 18.0. The molecule has 10 nitrogen and oxygen atoms in total. The summed E-state index contributed by atoms with van der Waals surface area (Å²) >= 11 is 0. The second kappa shape index (κ2) is 10.8. The number of aromatic nitrogens is 3. The van der Waals surface area contributed by atoms with Gasteiger partial charge in [0, 0.05) is 27.7 Å². The molecule has 1 atom stereocenters. The van der Waals surface area contributed by atoms with E-state index in [-0.39, 0.29) is 18.0 Å². The number of para-hydroxylation sites is 1. The van der Waals surface area contributed by atoms with E-state index in [9.17, 15) is 19.5 Å². The monoisotopic (exact) mass is 517 g/mol. The van der Waals surface area contributed by atoms with Crippen molar-refractivity contribution in [3.05, 3.63) is 87.6 Å². The number of aromatic hydroxyl groups is 1. The molecule has 0 aliphatic heterocycles. The van der Waals surface area contributed by atoms with E-state index in [0.29, 0.717) is 17.9 Å². The number of amides is 2. The Balaban J connectivity index is 1.46. The zero-order chi connectivity index (χ0) is 27.4. The Bertz CT molecular complexity index is 1520. The van der Waals surface area contributed by atoms with Crippen molar-refractivity contribution in [3.8, 4) is 11.6 Å². The van der Waals surface area contributed by atoms with Crippen LogP contribution in [0.4, 0.5) is 0 Å². The molecule has 38 heavy (non-hydrogen) atoms. The highest BCUT2D eigenvalue weighted by Gasteiger charge is 2.26. The predicted molar refractivity (Wildman–Crippen MR) is 143 cm³/mol. The van der Waals surface area contributed by atoms with Crippen molar-refractivity contribution < 1.29 is 19.4 Å². The van der Waals surface area contributed by atoms with Crippen LogP contribution in [0, 0.1) is 6.92 Å². The fourth-order valence-electron chi connectivity index (χ4n) is 4.14. The molecule has 0 saturated carbocycles. The summed E-state index contributed by atoms with van der Waals surface area (Å²) in [4.78, 5) is 46.4. The van der Waals surface area contributed by atoms with Crippen molar-refractivity contribution in [1.29, 1.82) is 0 Å². The zero-order valence-electron chi connectivity index (χ0n) is 21.7. The van der Waals surface area contributed by atoms with Crippen molar-refractivity contribution >= 4 is 22.7 Å². The Morgan fingerprint density at radius 3 is 2.45 bits per heavy atom. The number of nitrogens with one attached hydrogen (secondary N) is 4. The van der Waals surface area contributed by atoms with Crippen LogP contribution in [-0.2, 0) is 11.4 Å². The number of benzene rings is 2. The summed E-state index contributed by atoms with van der Waals surface area (Å²) in [7, 11) is 0. The van der Waals surface area contributed by atoms with Crippen LogP contribution in [0.2, 0.25) is 0 Å². The third-order valence-corrected chi connectivity index (χ3v) is 5.73. The van der Waals surface area contributed by atoms with Crippen molar-refractivity contribution in [2.75, 3.05) is 0 Å². The first-order valence-corrected chi connectivity index (χ1v) is 12.2. The number of pyridine rings is 1. The Morgan fingerprint density at radius 2 is 1.79 bits per heavy atom. The number of aryl methyl sites for hydroxylation is 1. The molecule has 2 aromatic heterocycles. The van der Waals surface area contributed by atoms with Crippen LogP contribution in [0.3, 0.4) is 0 Å². The smallest absolute Gasteiger partial charge is 0.326 e. The normalized spacial score (nSPS) is 12.2. The lowest BCUT2D eigenvalue weighted by Crippen LogP contribution is -2.42. The molecule has 5 N–H and O–H groups in total. The number of nitrogens with zero attached hydrogens (tertiary/aromatic N) is 1. The van der Waals surface area contributed by atoms with Gasteiger partial charge in [-0.05, 0) is 64.1 Å². The number of imidazole rings is 1. The van der Waals surface area contributed by atoms with Gasteiger partial charge in [0.2, 0.25) is 11.8 Å². The van der Waals surface area contributed by atoms with Gasteiger partial charge in [0.1, 0.15) is 18.1 Å². The van der Waals surface area contributed by atoms with Crippen LogP contribution in [0.1, 0.15) is 60.5 Å². The molecule has 0 aliphatic carbocycles. The lowest BCUT2D eigenvalue weighted by molar-refractivity contribution is -0.123. The number of hydrogen-bond donors (Lipinski definition) is 5. The van der Waals surface area contributed by atoms with Gasteiger partial charge in [0.15, 0.2) is 0 Å². The van der Waals surface area contributed by atoms with E-state index in [4.69, 9.17) is 4.74 Å². The molecule has 2 amide bonds. The minimum atomic E-state index is -0.970. The second-order valence-electron chi connectivity index (χ2n) is 10.1. The third kappa shape index (κ3) is 6.58. The number of carbonyl (C=O) groups is 2. The van der Waals surface area contributed by atoms with E-state index in [2.05, 4.69) is 25.6 Å². The SMILES string of the molecule is Cc1cc(COc2ccc(C(=O)NC(CC(=O)NC(C)(C)C)c3[nH]c(=O)[nH]c3O)cc2)c2ccccc2n1. The average Bonchev–Trinajstić information content (AvgIpc) is 3.18. The number of hydrogen-bond acceptors (Lipinski definition) is 6. The van der Waals surface area contributed by atoms with Gasteiger partial charge in [0.05, 0.1) is 18.0 Å². The molecule has 0 radical (unpaired) electrons. The maximum atomic E-state index is 13.0. The summed E-state index contributed by atoms with van der Waals surface area (Å²) in [6, 6.07) is 15.5. The van der Waals surface area contributed by atoms with Crippen molar-refractivity contribution in [2.45, 2.75) is 52.3 Å². The van der Waals surface area contributed by atoms with Gasteiger partial charge < -0.3 is 25.5 Å². The molecule has 0 fully saturated rings. The number of H-pyrrole nitrogens is 2. The minimum absolute atomic E-state index is 0.0206. The van der Waals surface area contributed by atoms with Gasteiger partial charge in [-0.3, -0.25) is 19.6 Å². The van der Waals surface area contributed by atoms with Gasteiger partial charge in [-0.15, -0.1) is 0 Å². The molecule has 4 rings (SSSR count). The molecule has 2 heterocycles. The molecule has 2 aromatic carbocycles. The Labute approximate surface area is 219 Å². The number of ether oxygens (including phenoxy) is 1. The highest BCUT2D eigenvalue weighted by Crippen LogP contribution is 2.24. The molecule has 198 valence electrons. The molecule has 0 aliphatic rings. The quantitative estimate of drug-likeness (QED) is 0.241. The third-order valence-electron chi connectivity index (χ3n) is 5.73. The van der Waals surface area contributed by atoms with E-state index in [0.717, 1.165) is 22.2 Å². The molecule has 1 unspecified atom stereocenters. The molecule has 0 saturated heterocycles. The molecular formula is C28H31N5O5. The summed E-state index contributed by atoms with van der Waals surface area (Å²) in [6.07, 6.45) is -0.190.